The Kier molecular flexibility index (Phi) is 6.66. The molecule has 0 unspecified atom stereocenters. The summed E-state index contributed by atoms with van der Waals surface area (Å²) in [6.07, 6.45) is 0. The first-order chi connectivity index (χ1) is 15.5. The van der Waals surface area contributed by atoms with Crippen molar-refractivity contribution in [3.05, 3.63) is 99.5 Å². The molecule has 6 nitrogen and oxygen atoms in total. The van der Waals surface area contributed by atoms with Gasteiger partial charge in [0.2, 0.25) is 5.91 Å². The van der Waals surface area contributed by atoms with Gasteiger partial charge in [0.15, 0.2) is 5.78 Å². The maximum Gasteiger partial charge on any atom is 0.252 e. The molecular formula is C25H22BrN3O3. The van der Waals surface area contributed by atoms with Gasteiger partial charge in [-0.05, 0) is 48.0 Å². The van der Waals surface area contributed by atoms with Crippen molar-refractivity contribution >= 4 is 39.2 Å². The highest BCUT2D eigenvalue weighted by atomic mass is 79.9. The van der Waals surface area contributed by atoms with Crippen molar-refractivity contribution in [2.45, 2.75) is 6.54 Å². The highest BCUT2D eigenvalue weighted by Gasteiger charge is 2.18. The van der Waals surface area contributed by atoms with Crippen molar-refractivity contribution in [3.8, 4) is 0 Å². The van der Waals surface area contributed by atoms with Gasteiger partial charge in [-0.25, -0.2) is 0 Å². The Morgan fingerprint density at radius 3 is 2.31 bits per heavy atom. The molecule has 162 valence electrons. The van der Waals surface area contributed by atoms with Crippen molar-refractivity contribution in [2.24, 2.45) is 0 Å². The molecule has 7 heteroatoms. The van der Waals surface area contributed by atoms with Gasteiger partial charge < -0.3 is 15.5 Å². The van der Waals surface area contributed by atoms with Gasteiger partial charge in [0, 0.05) is 40.9 Å². The Bertz CT molecular complexity index is 1140. The first-order valence-corrected chi connectivity index (χ1v) is 11.1. The van der Waals surface area contributed by atoms with Gasteiger partial charge in [-0.2, -0.15) is 0 Å². The minimum Gasteiger partial charge on any atom is -0.360 e. The van der Waals surface area contributed by atoms with Crippen LogP contribution in [-0.2, 0) is 11.3 Å². The molecule has 3 aromatic carbocycles. The summed E-state index contributed by atoms with van der Waals surface area (Å²) in [5, 5.41) is 5.71. The van der Waals surface area contributed by atoms with E-state index in [4.69, 9.17) is 0 Å². The number of carbonyl (C=O) groups is 3. The van der Waals surface area contributed by atoms with Crippen molar-refractivity contribution in [1.29, 1.82) is 0 Å². The van der Waals surface area contributed by atoms with Crippen LogP contribution in [0.2, 0.25) is 0 Å². The Balaban J connectivity index is 1.43. The normalized spacial score (nSPS) is 13.4. The number of hydrogen-bond acceptors (Lipinski definition) is 4. The van der Waals surface area contributed by atoms with E-state index in [0.29, 0.717) is 36.3 Å². The summed E-state index contributed by atoms with van der Waals surface area (Å²) in [5.41, 5.74) is 3.14. The van der Waals surface area contributed by atoms with Crippen LogP contribution in [-0.4, -0.2) is 37.2 Å². The Morgan fingerprint density at radius 2 is 1.62 bits per heavy atom. The number of benzene rings is 3. The number of rotatable bonds is 6. The molecule has 1 aliphatic heterocycles. The van der Waals surface area contributed by atoms with Gasteiger partial charge in [0.05, 0.1) is 12.1 Å². The summed E-state index contributed by atoms with van der Waals surface area (Å²) in [5.74, 6) is -0.482. The predicted molar refractivity (Wildman–Crippen MR) is 127 cm³/mol. The van der Waals surface area contributed by atoms with Crippen molar-refractivity contribution < 1.29 is 14.4 Å². The summed E-state index contributed by atoms with van der Waals surface area (Å²) in [6.45, 7) is 2.08. The fourth-order valence-corrected chi connectivity index (χ4v) is 3.86. The molecule has 4 rings (SSSR count). The third-order valence-corrected chi connectivity index (χ3v) is 5.84. The molecule has 0 bridgehead atoms. The molecule has 0 spiro atoms. The van der Waals surface area contributed by atoms with E-state index in [2.05, 4.69) is 26.6 Å². The summed E-state index contributed by atoms with van der Waals surface area (Å²) < 4.78 is 0.884. The van der Waals surface area contributed by atoms with Crippen LogP contribution in [0.3, 0.4) is 0 Å². The maximum atomic E-state index is 12.9. The van der Waals surface area contributed by atoms with Crippen LogP contribution < -0.4 is 15.5 Å². The molecule has 1 aliphatic rings. The molecule has 3 aromatic rings. The number of halogens is 1. The standard InChI is InChI=1S/C25H22BrN3O3/c26-19-9-7-18(8-10-19)24(31)21-3-1-2-4-22(21)25(32)28-15-17-5-11-20(12-6-17)29-14-13-27-23(30)16-29/h1-12H,13-16H2,(H,27,30)(H,28,32). The molecule has 0 radical (unpaired) electrons. The smallest absolute Gasteiger partial charge is 0.252 e. The van der Waals surface area contributed by atoms with E-state index >= 15 is 0 Å². The maximum absolute atomic E-state index is 12.9. The Labute approximate surface area is 194 Å². The third kappa shape index (κ3) is 5.06. The lowest BCUT2D eigenvalue weighted by molar-refractivity contribution is -0.120. The second kappa shape index (κ2) is 9.78. The fourth-order valence-electron chi connectivity index (χ4n) is 3.60. The van der Waals surface area contributed by atoms with Crippen LogP contribution in [0.4, 0.5) is 5.69 Å². The highest BCUT2D eigenvalue weighted by Crippen LogP contribution is 2.19. The van der Waals surface area contributed by atoms with E-state index in [1.54, 1.807) is 48.5 Å². The number of carbonyl (C=O) groups excluding carboxylic acids is 3. The second-order valence-corrected chi connectivity index (χ2v) is 8.42. The van der Waals surface area contributed by atoms with E-state index in [-0.39, 0.29) is 17.6 Å². The lowest BCUT2D eigenvalue weighted by Crippen LogP contribution is -2.47. The Hall–Kier alpha value is -3.45. The first kappa shape index (κ1) is 21.8. The average molecular weight is 492 g/mol. The summed E-state index contributed by atoms with van der Waals surface area (Å²) >= 11 is 3.36. The van der Waals surface area contributed by atoms with E-state index in [9.17, 15) is 14.4 Å². The van der Waals surface area contributed by atoms with Gasteiger partial charge in [-0.15, -0.1) is 0 Å². The van der Waals surface area contributed by atoms with Gasteiger partial charge in [-0.3, -0.25) is 14.4 Å². The first-order valence-electron chi connectivity index (χ1n) is 10.3. The number of nitrogens with one attached hydrogen (secondary N) is 2. The molecule has 1 saturated heterocycles. The molecule has 0 aromatic heterocycles. The molecule has 2 amide bonds. The zero-order valence-corrected chi connectivity index (χ0v) is 18.9. The minimum atomic E-state index is -0.303. The number of anilines is 1. The summed E-state index contributed by atoms with van der Waals surface area (Å²) in [4.78, 5) is 39.4. The van der Waals surface area contributed by atoms with Crippen molar-refractivity contribution in [3.63, 3.8) is 0 Å². The van der Waals surface area contributed by atoms with E-state index in [1.165, 1.54) is 0 Å². The van der Waals surface area contributed by atoms with Crippen LogP contribution >= 0.6 is 15.9 Å². The third-order valence-electron chi connectivity index (χ3n) is 5.32. The number of amides is 2. The molecular weight excluding hydrogens is 470 g/mol. The van der Waals surface area contributed by atoms with Crippen LogP contribution in [0.1, 0.15) is 31.8 Å². The SMILES string of the molecule is O=C1CN(c2ccc(CNC(=O)c3ccccc3C(=O)c3ccc(Br)cc3)cc2)CCN1. The molecule has 1 fully saturated rings. The number of ketones is 1. The van der Waals surface area contributed by atoms with Crippen molar-refractivity contribution in [1.82, 2.24) is 10.6 Å². The van der Waals surface area contributed by atoms with E-state index in [1.807, 2.05) is 29.2 Å². The van der Waals surface area contributed by atoms with Crippen molar-refractivity contribution in [2.75, 3.05) is 24.5 Å². The summed E-state index contributed by atoms with van der Waals surface area (Å²) in [7, 11) is 0. The highest BCUT2D eigenvalue weighted by molar-refractivity contribution is 9.10. The molecule has 0 saturated carbocycles. The van der Waals surface area contributed by atoms with Gasteiger partial charge in [-0.1, -0.05) is 46.3 Å². The molecule has 1 heterocycles. The summed E-state index contributed by atoms with van der Waals surface area (Å²) in [6, 6.07) is 21.7. The molecule has 0 aliphatic carbocycles. The average Bonchev–Trinajstić information content (AvgIpc) is 2.83. The van der Waals surface area contributed by atoms with Crippen LogP contribution in [0.5, 0.6) is 0 Å². The lowest BCUT2D eigenvalue weighted by Gasteiger charge is -2.28. The van der Waals surface area contributed by atoms with E-state index < -0.39 is 0 Å². The predicted octanol–water partition coefficient (Wildman–Crippen LogP) is 3.55. The van der Waals surface area contributed by atoms with E-state index in [0.717, 1.165) is 22.3 Å². The minimum absolute atomic E-state index is 0.0175. The Morgan fingerprint density at radius 1 is 0.938 bits per heavy atom. The lowest BCUT2D eigenvalue weighted by atomic mass is 9.98. The fraction of sp³-hybridized carbons (Fsp3) is 0.160. The molecule has 32 heavy (non-hydrogen) atoms. The van der Waals surface area contributed by atoms with Gasteiger partial charge >= 0.3 is 0 Å². The second-order valence-electron chi connectivity index (χ2n) is 7.50. The van der Waals surface area contributed by atoms with Crippen LogP contribution in [0.15, 0.2) is 77.3 Å². The zero-order chi connectivity index (χ0) is 22.5. The molecule has 2 N–H and O–H groups in total. The quantitative estimate of drug-likeness (QED) is 0.516. The largest absolute Gasteiger partial charge is 0.360 e. The van der Waals surface area contributed by atoms with Gasteiger partial charge in [0.25, 0.3) is 5.91 Å². The molecule has 0 atom stereocenters. The monoisotopic (exact) mass is 491 g/mol. The van der Waals surface area contributed by atoms with Crippen LogP contribution in [0.25, 0.3) is 0 Å². The topological polar surface area (TPSA) is 78.5 Å². The number of piperazine rings is 1. The zero-order valence-electron chi connectivity index (χ0n) is 17.3. The van der Waals surface area contributed by atoms with Gasteiger partial charge in [0.1, 0.15) is 0 Å². The number of hydrogen-bond donors (Lipinski definition) is 2. The van der Waals surface area contributed by atoms with Crippen LogP contribution in [0, 0.1) is 0 Å². The number of nitrogens with zero attached hydrogens (tertiary/aromatic N) is 1.